The van der Waals surface area contributed by atoms with Crippen LogP contribution in [0.25, 0.3) is 11.0 Å². The second-order valence-corrected chi connectivity index (χ2v) is 5.27. The van der Waals surface area contributed by atoms with Crippen LogP contribution in [0.4, 0.5) is 16.2 Å². The SMILES string of the molecule is O=C(O)NC1CCN(c2cc([N+](=O)[O-])cc3ccoc23)CC1. The number of nitrogens with one attached hydrogen (secondary N) is 1. The molecule has 0 atom stereocenters. The Labute approximate surface area is 125 Å². The molecule has 0 bridgehead atoms. The van der Waals surface area contributed by atoms with E-state index in [4.69, 9.17) is 9.52 Å². The van der Waals surface area contributed by atoms with Crippen molar-refractivity contribution in [2.75, 3.05) is 18.0 Å². The summed E-state index contributed by atoms with van der Waals surface area (Å²) in [7, 11) is 0. The number of piperidine rings is 1. The average Bonchev–Trinajstić information content (AvgIpc) is 2.94. The number of nitrogens with zero attached hydrogens (tertiary/aromatic N) is 2. The molecule has 3 rings (SSSR count). The zero-order valence-electron chi connectivity index (χ0n) is 11.7. The lowest BCUT2D eigenvalue weighted by Crippen LogP contribution is -2.44. The third-order valence-corrected chi connectivity index (χ3v) is 3.89. The molecular formula is C14H15N3O5. The molecule has 0 spiro atoms. The van der Waals surface area contributed by atoms with Gasteiger partial charge < -0.3 is 19.7 Å². The monoisotopic (exact) mass is 305 g/mol. The number of hydrogen-bond acceptors (Lipinski definition) is 5. The van der Waals surface area contributed by atoms with Crippen molar-refractivity contribution in [2.24, 2.45) is 0 Å². The fraction of sp³-hybridized carbons (Fsp3) is 0.357. The number of anilines is 1. The van der Waals surface area contributed by atoms with Crippen LogP contribution in [0.3, 0.4) is 0 Å². The normalized spacial score (nSPS) is 15.9. The molecule has 22 heavy (non-hydrogen) atoms. The predicted molar refractivity (Wildman–Crippen MR) is 79.3 cm³/mol. The van der Waals surface area contributed by atoms with Gasteiger partial charge in [0.2, 0.25) is 0 Å². The summed E-state index contributed by atoms with van der Waals surface area (Å²) in [4.78, 5) is 23.3. The lowest BCUT2D eigenvalue weighted by atomic mass is 10.0. The second-order valence-electron chi connectivity index (χ2n) is 5.27. The number of non-ortho nitro benzene ring substituents is 1. The Kier molecular flexibility index (Phi) is 3.58. The molecule has 2 aromatic rings. The van der Waals surface area contributed by atoms with Crippen molar-refractivity contribution in [1.29, 1.82) is 0 Å². The summed E-state index contributed by atoms with van der Waals surface area (Å²) in [5, 5.41) is 23.0. The number of furan rings is 1. The first-order valence-electron chi connectivity index (χ1n) is 6.94. The van der Waals surface area contributed by atoms with E-state index in [2.05, 4.69) is 5.32 Å². The molecule has 1 aliphatic rings. The number of rotatable bonds is 3. The van der Waals surface area contributed by atoms with Gasteiger partial charge in [-0.3, -0.25) is 10.1 Å². The van der Waals surface area contributed by atoms with Crippen molar-refractivity contribution in [3.05, 3.63) is 34.6 Å². The highest BCUT2D eigenvalue weighted by Crippen LogP contribution is 2.34. The Balaban J connectivity index is 1.86. The van der Waals surface area contributed by atoms with Gasteiger partial charge in [0.05, 0.1) is 16.9 Å². The Morgan fingerprint density at radius 2 is 2.14 bits per heavy atom. The molecule has 116 valence electrons. The highest BCUT2D eigenvalue weighted by molar-refractivity contribution is 5.92. The number of amides is 1. The minimum atomic E-state index is -1.03. The van der Waals surface area contributed by atoms with Crippen LogP contribution in [0.2, 0.25) is 0 Å². The van der Waals surface area contributed by atoms with Gasteiger partial charge in [-0.05, 0) is 18.9 Å². The van der Waals surface area contributed by atoms with E-state index in [1.165, 1.54) is 18.4 Å². The van der Waals surface area contributed by atoms with Gasteiger partial charge in [0, 0.05) is 36.7 Å². The van der Waals surface area contributed by atoms with Crippen LogP contribution in [0.1, 0.15) is 12.8 Å². The largest absolute Gasteiger partial charge is 0.465 e. The third kappa shape index (κ3) is 2.67. The lowest BCUT2D eigenvalue weighted by Gasteiger charge is -2.33. The maximum atomic E-state index is 11.1. The molecule has 1 aromatic carbocycles. The van der Waals surface area contributed by atoms with Crippen LogP contribution in [-0.4, -0.2) is 35.3 Å². The number of carboxylic acid groups (broad SMARTS) is 1. The summed E-state index contributed by atoms with van der Waals surface area (Å²) in [6.45, 7) is 1.23. The zero-order chi connectivity index (χ0) is 15.7. The fourth-order valence-electron chi connectivity index (χ4n) is 2.83. The Morgan fingerprint density at radius 1 is 1.41 bits per heavy atom. The molecule has 8 heteroatoms. The molecule has 0 unspecified atom stereocenters. The number of carbonyl (C=O) groups is 1. The molecule has 2 heterocycles. The van der Waals surface area contributed by atoms with Gasteiger partial charge in [-0.1, -0.05) is 0 Å². The van der Waals surface area contributed by atoms with E-state index >= 15 is 0 Å². The second kappa shape index (κ2) is 5.55. The molecule has 2 N–H and O–H groups in total. The van der Waals surface area contributed by atoms with Crippen molar-refractivity contribution in [2.45, 2.75) is 18.9 Å². The van der Waals surface area contributed by atoms with Gasteiger partial charge in [0.15, 0.2) is 5.58 Å². The van der Waals surface area contributed by atoms with Crippen LogP contribution in [0, 0.1) is 10.1 Å². The van der Waals surface area contributed by atoms with Gasteiger partial charge in [0.1, 0.15) is 0 Å². The lowest BCUT2D eigenvalue weighted by molar-refractivity contribution is -0.384. The van der Waals surface area contributed by atoms with Gasteiger partial charge >= 0.3 is 6.09 Å². The minimum Gasteiger partial charge on any atom is -0.465 e. The van der Waals surface area contributed by atoms with E-state index in [0.717, 1.165) is 0 Å². The molecule has 1 aliphatic heterocycles. The van der Waals surface area contributed by atoms with E-state index in [-0.39, 0.29) is 11.7 Å². The topological polar surface area (TPSA) is 109 Å². The number of benzene rings is 1. The average molecular weight is 305 g/mol. The van der Waals surface area contributed by atoms with E-state index < -0.39 is 11.0 Å². The first-order chi connectivity index (χ1) is 10.5. The van der Waals surface area contributed by atoms with Gasteiger partial charge in [-0.2, -0.15) is 0 Å². The molecule has 0 radical (unpaired) electrons. The summed E-state index contributed by atoms with van der Waals surface area (Å²) in [5.41, 5.74) is 1.33. The smallest absolute Gasteiger partial charge is 0.404 e. The van der Waals surface area contributed by atoms with Gasteiger partial charge in [-0.15, -0.1) is 0 Å². The Bertz CT molecular complexity index is 718. The van der Waals surface area contributed by atoms with Crippen LogP contribution in [0.5, 0.6) is 0 Å². The Morgan fingerprint density at radius 3 is 2.77 bits per heavy atom. The number of nitro benzene ring substituents is 1. The summed E-state index contributed by atoms with van der Waals surface area (Å²) in [6, 6.07) is 4.61. The third-order valence-electron chi connectivity index (χ3n) is 3.89. The number of fused-ring (bicyclic) bond motifs is 1. The van der Waals surface area contributed by atoms with E-state index in [1.807, 2.05) is 4.90 Å². The summed E-state index contributed by atoms with van der Waals surface area (Å²) >= 11 is 0. The molecule has 8 nitrogen and oxygen atoms in total. The van der Waals surface area contributed by atoms with Crippen LogP contribution in [-0.2, 0) is 0 Å². The number of hydrogen-bond donors (Lipinski definition) is 2. The molecule has 1 amide bonds. The van der Waals surface area contributed by atoms with Gasteiger partial charge in [-0.25, -0.2) is 4.79 Å². The maximum absolute atomic E-state index is 11.1. The molecule has 1 saturated heterocycles. The van der Waals surface area contributed by atoms with E-state index in [9.17, 15) is 14.9 Å². The number of nitro groups is 1. The minimum absolute atomic E-state index is 0.0229. The standard InChI is InChI=1S/C14H15N3O5/c18-14(19)15-10-1-4-16(5-2-10)12-8-11(17(20)21)7-9-3-6-22-13(9)12/h3,6-8,10,15H,1-2,4-5H2,(H,18,19). The first-order valence-corrected chi connectivity index (χ1v) is 6.94. The zero-order valence-corrected chi connectivity index (χ0v) is 11.7. The van der Waals surface area contributed by atoms with Gasteiger partial charge in [0.25, 0.3) is 5.69 Å². The summed E-state index contributed by atoms with van der Waals surface area (Å²) < 4.78 is 5.45. The maximum Gasteiger partial charge on any atom is 0.404 e. The fourth-order valence-corrected chi connectivity index (χ4v) is 2.83. The molecule has 1 fully saturated rings. The van der Waals surface area contributed by atoms with E-state index in [1.54, 1.807) is 6.07 Å². The van der Waals surface area contributed by atoms with Crippen molar-refractivity contribution in [3.63, 3.8) is 0 Å². The highest BCUT2D eigenvalue weighted by Gasteiger charge is 2.24. The van der Waals surface area contributed by atoms with Crippen molar-refractivity contribution in [1.82, 2.24) is 5.32 Å². The summed E-state index contributed by atoms with van der Waals surface area (Å²) in [5.74, 6) is 0. The predicted octanol–water partition coefficient (Wildman–Crippen LogP) is 2.58. The van der Waals surface area contributed by atoms with Crippen molar-refractivity contribution < 1.29 is 19.2 Å². The highest BCUT2D eigenvalue weighted by atomic mass is 16.6. The van der Waals surface area contributed by atoms with Crippen molar-refractivity contribution >= 4 is 28.4 Å². The van der Waals surface area contributed by atoms with Crippen LogP contribution >= 0.6 is 0 Å². The summed E-state index contributed by atoms with van der Waals surface area (Å²) in [6.07, 6.45) is 1.78. The van der Waals surface area contributed by atoms with Crippen molar-refractivity contribution in [3.8, 4) is 0 Å². The van der Waals surface area contributed by atoms with E-state index in [0.29, 0.717) is 42.6 Å². The van der Waals surface area contributed by atoms with Crippen LogP contribution < -0.4 is 10.2 Å². The Hall–Kier alpha value is -2.77. The quantitative estimate of drug-likeness (QED) is 0.666. The molecule has 1 aromatic heterocycles. The molecular weight excluding hydrogens is 290 g/mol. The first kappa shape index (κ1) is 14.2. The molecule has 0 saturated carbocycles. The molecule has 0 aliphatic carbocycles. The van der Waals surface area contributed by atoms with Crippen LogP contribution in [0.15, 0.2) is 28.9 Å².